The molecule has 0 atom stereocenters. The van der Waals surface area contributed by atoms with Crippen LogP contribution >= 0.6 is 0 Å². The molecule has 0 unspecified atom stereocenters. The van der Waals surface area contributed by atoms with Crippen LogP contribution in [-0.2, 0) is 0 Å². The van der Waals surface area contributed by atoms with Crippen molar-refractivity contribution in [3.63, 3.8) is 0 Å². The Morgan fingerprint density at radius 2 is 0.778 bits per heavy atom. The second-order valence-corrected chi connectivity index (χ2v) is 7.22. The molecule has 1 rings (SSSR count). The van der Waals surface area contributed by atoms with Gasteiger partial charge in [-0.15, -0.1) is 0 Å². The fourth-order valence-corrected chi connectivity index (χ4v) is 2.29. The van der Waals surface area contributed by atoms with Crippen molar-refractivity contribution < 1.29 is 0 Å². The fourth-order valence-electron chi connectivity index (χ4n) is 2.29. The third kappa shape index (κ3) is 9.62. The molecule has 9 nitrogen and oxygen atoms in total. The Labute approximate surface area is 162 Å². The third-order valence-electron chi connectivity index (χ3n) is 2.90. The Hall–Kier alpha value is -2.58. The van der Waals surface area contributed by atoms with Gasteiger partial charge < -0.3 is 16.0 Å². The van der Waals surface area contributed by atoms with Gasteiger partial charge in [-0.1, -0.05) is 0 Å². The van der Waals surface area contributed by atoms with E-state index >= 15 is 0 Å². The minimum atomic E-state index is 0.264. The number of aliphatic imine (C=N–C) groups is 3. The summed E-state index contributed by atoms with van der Waals surface area (Å²) in [6.45, 7) is 17.9. The molecule has 1 aromatic heterocycles. The molecule has 0 amide bonds. The van der Waals surface area contributed by atoms with Crippen LogP contribution in [0.4, 0.5) is 17.8 Å². The maximum Gasteiger partial charge on any atom is 0.257 e. The Morgan fingerprint density at radius 3 is 0.963 bits per heavy atom. The summed E-state index contributed by atoms with van der Waals surface area (Å²) in [4.78, 5) is 26.3. The van der Waals surface area contributed by atoms with E-state index in [9.17, 15) is 0 Å². The molecule has 0 aliphatic carbocycles. The van der Waals surface area contributed by atoms with Crippen molar-refractivity contribution in [2.75, 3.05) is 0 Å². The van der Waals surface area contributed by atoms with Crippen LogP contribution in [0.15, 0.2) is 15.0 Å². The number of aromatic nitrogens is 3. The average molecular weight is 376 g/mol. The van der Waals surface area contributed by atoms with Crippen LogP contribution in [0, 0.1) is 0 Å². The maximum absolute atomic E-state index is 4.42. The van der Waals surface area contributed by atoms with Crippen molar-refractivity contribution in [2.24, 2.45) is 15.0 Å². The molecular weight excluding hydrogens is 342 g/mol. The Kier molecular flexibility index (Phi) is 8.77. The van der Waals surface area contributed by atoms with Gasteiger partial charge in [-0.25, -0.2) is 0 Å². The molecule has 27 heavy (non-hydrogen) atoms. The van der Waals surface area contributed by atoms with Crippen molar-refractivity contribution in [2.45, 2.75) is 80.4 Å². The highest BCUT2D eigenvalue weighted by atomic mass is 15.3. The van der Waals surface area contributed by atoms with Crippen LogP contribution in [0.1, 0.15) is 62.3 Å². The zero-order valence-corrected chi connectivity index (χ0v) is 17.9. The molecular formula is C18H33N9. The quantitative estimate of drug-likeness (QED) is 0.520. The summed E-state index contributed by atoms with van der Waals surface area (Å²) in [5.74, 6) is 2.95. The van der Waals surface area contributed by atoms with E-state index in [1.165, 1.54) is 0 Å². The molecule has 0 aliphatic rings. The molecule has 3 N–H and O–H groups in total. The van der Waals surface area contributed by atoms with Crippen molar-refractivity contribution in [1.82, 2.24) is 30.9 Å². The molecule has 1 heterocycles. The lowest BCUT2D eigenvalue weighted by Gasteiger charge is -2.10. The minimum absolute atomic E-state index is 0.264. The lowest BCUT2D eigenvalue weighted by atomic mass is 10.4. The highest BCUT2D eigenvalue weighted by Crippen LogP contribution is 2.16. The van der Waals surface area contributed by atoms with Gasteiger partial charge in [0.15, 0.2) is 0 Å². The van der Waals surface area contributed by atoms with Crippen LogP contribution in [-0.4, -0.2) is 50.6 Å². The smallest absolute Gasteiger partial charge is 0.257 e. The predicted octanol–water partition coefficient (Wildman–Crippen LogP) is 3.02. The fraction of sp³-hybridized carbons (Fsp3) is 0.667. The summed E-state index contributed by atoms with van der Waals surface area (Å²) in [6.07, 6.45) is 0. The van der Waals surface area contributed by atoms with Gasteiger partial charge >= 0.3 is 0 Å². The van der Waals surface area contributed by atoms with Gasteiger partial charge in [0, 0.05) is 18.1 Å². The highest BCUT2D eigenvalue weighted by molar-refractivity contribution is 5.83. The summed E-state index contributed by atoms with van der Waals surface area (Å²) >= 11 is 0. The topological polar surface area (TPSA) is 112 Å². The highest BCUT2D eigenvalue weighted by Gasteiger charge is 2.08. The van der Waals surface area contributed by atoms with Gasteiger partial charge in [0.2, 0.25) is 0 Å². The Morgan fingerprint density at radius 1 is 0.556 bits per heavy atom. The Bertz CT molecular complexity index is 595. The molecule has 0 aromatic carbocycles. The number of nitrogens with zero attached hydrogens (tertiary/aromatic N) is 6. The predicted molar refractivity (Wildman–Crippen MR) is 113 cm³/mol. The number of rotatable bonds is 6. The van der Waals surface area contributed by atoms with Gasteiger partial charge in [-0.2, -0.15) is 29.9 Å². The van der Waals surface area contributed by atoms with Crippen LogP contribution in [0.3, 0.4) is 0 Å². The second-order valence-electron chi connectivity index (χ2n) is 7.22. The van der Waals surface area contributed by atoms with Gasteiger partial charge in [0.05, 0.1) is 0 Å². The zero-order valence-electron chi connectivity index (χ0n) is 17.9. The summed E-state index contributed by atoms with van der Waals surface area (Å²) < 4.78 is 0. The van der Waals surface area contributed by atoms with E-state index in [0.29, 0.717) is 0 Å². The number of hydrogen-bond donors (Lipinski definition) is 3. The molecule has 0 saturated heterocycles. The zero-order chi connectivity index (χ0) is 20.6. The largest absolute Gasteiger partial charge is 0.371 e. The van der Waals surface area contributed by atoms with Gasteiger partial charge in [0.1, 0.15) is 17.5 Å². The first-order valence-corrected chi connectivity index (χ1v) is 9.26. The molecule has 150 valence electrons. The normalized spacial score (nSPS) is 13.6. The number of hydrogen-bond acceptors (Lipinski definition) is 6. The average Bonchev–Trinajstić information content (AvgIpc) is 2.43. The number of nitrogens with one attached hydrogen (secondary N) is 3. The van der Waals surface area contributed by atoms with Crippen molar-refractivity contribution in [3.8, 4) is 0 Å². The van der Waals surface area contributed by atoms with E-state index in [-0.39, 0.29) is 36.0 Å². The lowest BCUT2D eigenvalue weighted by molar-refractivity contribution is 0.729. The minimum Gasteiger partial charge on any atom is -0.371 e. The van der Waals surface area contributed by atoms with E-state index in [1.54, 1.807) is 0 Å². The van der Waals surface area contributed by atoms with E-state index in [1.807, 2.05) is 62.3 Å². The monoisotopic (exact) mass is 375 g/mol. The molecule has 0 fully saturated rings. The van der Waals surface area contributed by atoms with Gasteiger partial charge in [-0.3, -0.25) is 0 Å². The summed E-state index contributed by atoms with van der Waals surface area (Å²) in [6, 6.07) is 0.793. The van der Waals surface area contributed by atoms with Crippen LogP contribution in [0.5, 0.6) is 0 Å². The molecule has 9 heteroatoms. The summed E-state index contributed by atoms with van der Waals surface area (Å²) in [5, 5.41) is 9.65. The molecule has 0 spiro atoms. The van der Waals surface area contributed by atoms with Gasteiger partial charge in [0.25, 0.3) is 17.8 Å². The van der Waals surface area contributed by atoms with E-state index in [2.05, 4.69) is 45.9 Å². The molecule has 0 saturated carbocycles. The third-order valence-corrected chi connectivity index (χ3v) is 2.90. The molecule has 0 aliphatic heterocycles. The SMILES string of the molecule is CC(=Nc1nc(N=C(C)NC(C)C)nc(N=C(C)NC(C)C)n1)NC(C)C. The second kappa shape index (κ2) is 10.5. The van der Waals surface area contributed by atoms with Crippen molar-refractivity contribution in [3.05, 3.63) is 0 Å². The summed E-state index contributed by atoms with van der Waals surface area (Å²) in [7, 11) is 0. The maximum atomic E-state index is 4.42. The van der Waals surface area contributed by atoms with Gasteiger partial charge in [-0.05, 0) is 62.3 Å². The number of amidine groups is 3. The summed E-state index contributed by atoms with van der Waals surface area (Å²) in [5.41, 5.74) is 0. The molecule has 0 radical (unpaired) electrons. The van der Waals surface area contributed by atoms with Crippen LogP contribution in [0.25, 0.3) is 0 Å². The van der Waals surface area contributed by atoms with Crippen molar-refractivity contribution >= 4 is 35.4 Å². The Balaban J connectivity index is 3.29. The van der Waals surface area contributed by atoms with Crippen LogP contribution in [0.2, 0.25) is 0 Å². The van der Waals surface area contributed by atoms with Crippen LogP contribution < -0.4 is 16.0 Å². The first kappa shape index (κ1) is 22.5. The van der Waals surface area contributed by atoms with E-state index in [4.69, 9.17) is 0 Å². The first-order valence-electron chi connectivity index (χ1n) is 9.26. The first-order chi connectivity index (χ1) is 12.5. The standard InChI is InChI=1S/C18H33N9/c1-10(2)19-13(7)22-16-25-17(23-14(8)20-11(3)4)27-18(26-16)24-15(9)21-12(5)6/h10-12H,1-9H3,(H3,19,20,21,22,23,24,25,26,27). The molecule has 0 bridgehead atoms. The lowest BCUT2D eigenvalue weighted by Crippen LogP contribution is -2.28. The molecule has 1 aromatic rings. The van der Waals surface area contributed by atoms with Crippen molar-refractivity contribution in [1.29, 1.82) is 0 Å². The van der Waals surface area contributed by atoms with E-state index in [0.717, 1.165) is 17.5 Å². The van der Waals surface area contributed by atoms with E-state index < -0.39 is 0 Å².